The van der Waals surface area contributed by atoms with Gasteiger partial charge in [-0.2, -0.15) is 0 Å². The fourth-order valence-corrected chi connectivity index (χ4v) is 3.11. The molecular formula is C21H24N2O2. The number of amides is 2. The number of rotatable bonds is 5. The van der Waals surface area contributed by atoms with Gasteiger partial charge in [0.05, 0.1) is 0 Å². The van der Waals surface area contributed by atoms with Gasteiger partial charge in [0.25, 0.3) is 11.8 Å². The summed E-state index contributed by atoms with van der Waals surface area (Å²) in [4.78, 5) is 26.5. The molecule has 0 unspecified atom stereocenters. The van der Waals surface area contributed by atoms with Crippen LogP contribution in [-0.4, -0.2) is 36.3 Å². The van der Waals surface area contributed by atoms with E-state index >= 15 is 0 Å². The van der Waals surface area contributed by atoms with E-state index in [1.807, 2.05) is 35.2 Å². The molecule has 0 bridgehead atoms. The first-order valence-corrected chi connectivity index (χ1v) is 8.95. The van der Waals surface area contributed by atoms with Crippen molar-refractivity contribution in [3.8, 4) is 0 Å². The second-order valence-corrected chi connectivity index (χ2v) is 6.42. The van der Waals surface area contributed by atoms with Gasteiger partial charge < -0.3 is 10.2 Å². The molecule has 130 valence electrons. The van der Waals surface area contributed by atoms with Gasteiger partial charge in [0, 0.05) is 30.8 Å². The van der Waals surface area contributed by atoms with Gasteiger partial charge in [0.2, 0.25) is 0 Å². The molecular weight excluding hydrogens is 312 g/mol. The highest BCUT2D eigenvalue weighted by Gasteiger charge is 2.18. The highest BCUT2D eigenvalue weighted by molar-refractivity contribution is 5.97. The maximum Gasteiger partial charge on any atom is 0.253 e. The van der Waals surface area contributed by atoms with E-state index in [0.717, 1.165) is 32.4 Å². The van der Waals surface area contributed by atoms with Crippen molar-refractivity contribution in [2.75, 3.05) is 19.6 Å². The normalized spacial score (nSPS) is 14.2. The van der Waals surface area contributed by atoms with Crippen molar-refractivity contribution in [2.24, 2.45) is 0 Å². The lowest BCUT2D eigenvalue weighted by Gasteiger charge is -2.26. The Morgan fingerprint density at radius 2 is 1.48 bits per heavy atom. The van der Waals surface area contributed by atoms with Gasteiger partial charge in [-0.05, 0) is 55.5 Å². The third-order valence-electron chi connectivity index (χ3n) is 4.58. The molecule has 1 saturated heterocycles. The Balaban J connectivity index is 1.52. The van der Waals surface area contributed by atoms with Crippen LogP contribution in [0, 0.1) is 0 Å². The average Bonchev–Trinajstić information content (AvgIpc) is 2.69. The molecule has 1 heterocycles. The number of carbonyl (C=O) groups is 2. The summed E-state index contributed by atoms with van der Waals surface area (Å²) in [6.45, 7) is 2.26. The molecule has 25 heavy (non-hydrogen) atoms. The standard InChI is InChI=1S/C21H24N2O2/c24-20(22-14-13-17-7-3-1-4-8-17)18-9-11-19(12-10-18)21(25)23-15-5-2-6-16-23/h1,3-4,7-12H,2,5-6,13-16H2,(H,22,24). The first-order valence-electron chi connectivity index (χ1n) is 8.95. The van der Waals surface area contributed by atoms with Crippen LogP contribution in [0.15, 0.2) is 54.6 Å². The van der Waals surface area contributed by atoms with Gasteiger partial charge in [-0.3, -0.25) is 9.59 Å². The molecule has 0 saturated carbocycles. The summed E-state index contributed by atoms with van der Waals surface area (Å²) in [5.74, 6) is -0.0383. The predicted molar refractivity (Wildman–Crippen MR) is 98.7 cm³/mol. The van der Waals surface area contributed by atoms with E-state index in [2.05, 4.69) is 5.32 Å². The molecule has 2 amide bonds. The van der Waals surface area contributed by atoms with E-state index < -0.39 is 0 Å². The van der Waals surface area contributed by atoms with Crippen LogP contribution in [-0.2, 0) is 6.42 Å². The summed E-state index contributed by atoms with van der Waals surface area (Å²) < 4.78 is 0. The average molecular weight is 336 g/mol. The Bertz CT molecular complexity index is 704. The minimum Gasteiger partial charge on any atom is -0.352 e. The molecule has 1 fully saturated rings. The molecule has 1 N–H and O–H groups in total. The number of likely N-dealkylation sites (tertiary alicyclic amines) is 1. The van der Waals surface area contributed by atoms with E-state index in [-0.39, 0.29) is 11.8 Å². The molecule has 2 aromatic carbocycles. The SMILES string of the molecule is O=C(NCCc1ccccc1)c1ccc(C(=O)N2CCCCC2)cc1. The molecule has 0 radical (unpaired) electrons. The van der Waals surface area contributed by atoms with E-state index in [4.69, 9.17) is 0 Å². The number of hydrogen-bond donors (Lipinski definition) is 1. The lowest BCUT2D eigenvalue weighted by atomic mass is 10.1. The van der Waals surface area contributed by atoms with Gasteiger partial charge in [0.15, 0.2) is 0 Å². The lowest BCUT2D eigenvalue weighted by Crippen LogP contribution is -2.35. The van der Waals surface area contributed by atoms with Gasteiger partial charge in [0.1, 0.15) is 0 Å². The van der Waals surface area contributed by atoms with E-state index in [9.17, 15) is 9.59 Å². The molecule has 4 nitrogen and oxygen atoms in total. The van der Waals surface area contributed by atoms with Crippen molar-refractivity contribution in [3.63, 3.8) is 0 Å². The molecule has 0 atom stereocenters. The molecule has 0 spiro atoms. The molecule has 1 aliphatic rings. The third-order valence-corrected chi connectivity index (χ3v) is 4.58. The molecule has 1 aliphatic heterocycles. The molecule has 3 rings (SSSR count). The lowest BCUT2D eigenvalue weighted by molar-refractivity contribution is 0.0724. The summed E-state index contributed by atoms with van der Waals surface area (Å²) >= 11 is 0. The molecule has 0 aliphatic carbocycles. The first kappa shape index (κ1) is 17.2. The summed E-state index contributed by atoms with van der Waals surface area (Å²) in [5.41, 5.74) is 2.44. The number of nitrogens with zero attached hydrogens (tertiary/aromatic N) is 1. The highest BCUT2D eigenvalue weighted by atomic mass is 16.2. The number of piperidine rings is 1. The van der Waals surface area contributed by atoms with Crippen LogP contribution in [0.5, 0.6) is 0 Å². The first-order chi connectivity index (χ1) is 12.2. The minimum absolute atomic E-state index is 0.0655. The predicted octanol–water partition coefficient (Wildman–Crippen LogP) is 3.29. The van der Waals surface area contributed by atoms with Gasteiger partial charge >= 0.3 is 0 Å². The van der Waals surface area contributed by atoms with Crippen LogP contribution in [0.3, 0.4) is 0 Å². The van der Waals surface area contributed by atoms with E-state index in [0.29, 0.717) is 17.7 Å². The van der Waals surface area contributed by atoms with Crippen molar-refractivity contribution >= 4 is 11.8 Å². The largest absolute Gasteiger partial charge is 0.352 e. The van der Waals surface area contributed by atoms with Crippen molar-refractivity contribution in [1.82, 2.24) is 10.2 Å². The zero-order chi connectivity index (χ0) is 17.5. The van der Waals surface area contributed by atoms with Crippen molar-refractivity contribution in [3.05, 3.63) is 71.3 Å². The second-order valence-electron chi connectivity index (χ2n) is 6.42. The number of benzene rings is 2. The third kappa shape index (κ3) is 4.69. The smallest absolute Gasteiger partial charge is 0.253 e. The summed E-state index contributed by atoms with van der Waals surface area (Å²) in [6.07, 6.45) is 4.16. The van der Waals surface area contributed by atoms with Crippen molar-refractivity contribution in [2.45, 2.75) is 25.7 Å². The Hall–Kier alpha value is -2.62. The Morgan fingerprint density at radius 3 is 2.16 bits per heavy atom. The maximum atomic E-state index is 12.4. The molecule has 0 aromatic heterocycles. The minimum atomic E-state index is -0.104. The zero-order valence-electron chi connectivity index (χ0n) is 14.4. The Kier molecular flexibility index (Phi) is 5.83. The van der Waals surface area contributed by atoms with Crippen molar-refractivity contribution < 1.29 is 9.59 Å². The number of nitrogens with one attached hydrogen (secondary N) is 1. The van der Waals surface area contributed by atoms with Crippen LogP contribution in [0.1, 0.15) is 45.5 Å². The number of carbonyl (C=O) groups excluding carboxylic acids is 2. The van der Waals surface area contributed by atoms with Gasteiger partial charge in [-0.15, -0.1) is 0 Å². The van der Waals surface area contributed by atoms with Gasteiger partial charge in [-0.25, -0.2) is 0 Å². The van der Waals surface area contributed by atoms with E-state index in [1.165, 1.54) is 12.0 Å². The van der Waals surface area contributed by atoms with Crippen LogP contribution < -0.4 is 5.32 Å². The van der Waals surface area contributed by atoms with Crippen LogP contribution in [0.25, 0.3) is 0 Å². The van der Waals surface area contributed by atoms with Crippen LogP contribution >= 0.6 is 0 Å². The van der Waals surface area contributed by atoms with Crippen LogP contribution in [0.2, 0.25) is 0 Å². The van der Waals surface area contributed by atoms with E-state index in [1.54, 1.807) is 24.3 Å². The fraction of sp³-hybridized carbons (Fsp3) is 0.333. The summed E-state index contributed by atoms with van der Waals surface area (Å²) in [6, 6.07) is 17.0. The monoisotopic (exact) mass is 336 g/mol. The molecule has 4 heteroatoms. The highest BCUT2D eigenvalue weighted by Crippen LogP contribution is 2.14. The quantitative estimate of drug-likeness (QED) is 0.911. The Morgan fingerprint density at radius 1 is 0.840 bits per heavy atom. The van der Waals surface area contributed by atoms with Crippen molar-refractivity contribution in [1.29, 1.82) is 0 Å². The fourth-order valence-electron chi connectivity index (χ4n) is 3.11. The second kappa shape index (κ2) is 8.47. The topological polar surface area (TPSA) is 49.4 Å². The number of hydrogen-bond acceptors (Lipinski definition) is 2. The maximum absolute atomic E-state index is 12.4. The Labute approximate surface area is 148 Å². The zero-order valence-corrected chi connectivity index (χ0v) is 14.4. The van der Waals surface area contributed by atoms with Gasteiger partial charge in [-0.1, -0.05) is 30.3 Å². The van der Waals surface area contributed by atoms with Crippen LogP contribution in [0.4, 0.5) is 0 Å². The molecule has 2 aromatic rings. The summed E-state index contributed by atoms with van der Waals surface area (Å²) in [5, 5.41) is 2.93. The summed E-state index contributed by atoms with van der Waals surface area (Å²) in [7, 11) is 0.